The van der Waals surface area contributed by atoms with Crippen LogP contribution in [0.5, 0.6) is 0 Å². The lowest BCUT2D eigenvalue weighted by atomic mass is 9.81. The van der Waals surface area contributed by atoms with Crippen molar-refractivity contribution in [1.29, 1.82) is 0 Å². The molecule has 1 saturated heterocycles. The highest BCUT2D eigenvalue weighted by Crippen LogP contribution is 2.41. The van der Waals surface area contributed by atoms with Crippen molar-refractivity contribution < 1.29 is 18.8 Å². The van der Waals surface area contributed by atoms with Gasteiger partial charge < -0.3 is 24.0 Å². The van der Waals surface area contributed by atoms with Gasteiger partial charge in [0.15, 0.2) is 5.82 Å². The molecule has 5 heterocycles. The number of carbonyl (C=O) groups is 2. The first-order chi connectivity index (χ1) is 21.0. The number of ether oxygens (including phenoxy) is 1. The van der Waals surface area contributed by atoms with E-state index in [0.717, 1.165) is 43.6 Å². The number of allylic oxidation sites excluding steroid dienone is 2. The highest BCUT2D eigenvalue weighted by molar-refractivity contribution is 6.06. The highest BCUT2D eigenvalue weighted by Gasteiger charge is 2.35. The number of hydrogen-bond donors (Lipinski definition) is 1. The Bertz CT molecular complexity index is 1730. The van der Waals surface area contributed by atoms with Crippen molar-refractivity contribution in [1.82, 2.24) is 19.6 Å². The number of esters is 1. The Morgan fingerprint density at radius 3 is 2.75 bits per heavy atom. The van der Waals surface area contributed by atoms with E-state index < -0.39 is 5.97 Å². The van der Waals surface area contributed by atoms with E-state index >= 15 is 0 Å². The van der Waals surface area contributed by atoms with E-state index in [1.54, 1.807) is 36.5 Å². The lowest BCUT2D eigenvalue weighted by molar-refractivity contribution is -0.142. The lowest BCUT2D eigenvalue weighted by Crippen LogP contribution is -2.50. The van der Waals surface area contributed by atoms with Crippen LogP contribution in [0.1, 0.15) is 63.7 Å². The summed E-state index contributed by atoms with van der Waals surface area (Å²) in [5.74, 6) is 1.43. The molecular formula is C33H38N6O5. The molecule has 230 valence electrons. The van der Waals surface area contributed by atoms with Gasteiger partial charge in [-0.2, -0.15) is 0 Å². The molecule has 0 bridgehead atoms. The molecule has 3 aromatic rings. The zero-order chi connectivity index (χ0) is 31.2. The number of aryl methyl sites for hydroxylation is 1. The van der Waals surface area contributed by atoms with Crippen molar-refractivity contribution in [3.63, 3.8) is 0 Å². The highest BCUT2D eigenvalue weighted by atomic mass is 16.5. The van der Waals surface area contributed by atoms with Gasteiger partial charge in [-0.25, -0.2) is 4.98 Å². The van der Waals surface area contributed by atoms with E-state index in [9.17, 15) is 14.4 Å². The quantitative estimate of drug-likeness (QED) is 0.373. The minimum absolute atomic E-state index is 0.0963. The maximum absolute atomic E-state index is 14.0. The lowest BCUT2D eigenvalue weighted by Gasteiger charge is -2.41. The SMILES string of the molecule is C=C1/C=C2/C(=O)N(c3nccc(-c4cc(Nc5cc(C6CC6)on5)c(=O)n(C)c4)c3COC(C)=O)CCN2CCC(C)(C)C1. The fourth-order valence-electron chi connectivity index (χ4n) is 5.98. The third-order valence-electron chi connectivity index (χ3n) is 8.48. The van der Waals surface area contributed by atoms with Crippen LogP contribution in [0.15, 0.2) is 63.8 Å². The van der Waals surface area contributed by atoms with E-state index in [1.807, 2.05) is 12.1 Å². The van der Waals surface area contributed by atoms with E-state index in [0.29, 0.717) is 58.7 Å². The molecular weight excluding hydrogens is 560 g/mol. The summed E-state index contributed by atoms with van der Waals surface area (Å²) in [6, 6.07) is 5.35. The number of hydrogen-bond acceptors (Lipinski definition) is 9. The van der Waals surface area contributed by atoms with Gasteiger partial charge in [0, 0.05) is 69.1 Å². The largest absolute Gasteiger partial charge is 0.461 e. The molecule has 0 spiro atoms. The summed E-state index contributed by atoms with van der Waals surface area (Å²) in [7, 11) is 1.67. The molecule has 3 aromatic heterocycles. The normalized spacial score (nSPS) is 19.5. The van der Waals surface area contributed by atoms with E-state index in [4.69, 9.17) is 9.26 Å². The summed E-state index contributed by atoms with van der Waals surface area (Å²) in [6.07, 6.45) is 9.14. The monoisotopic (exact) mass is 598 g/mol. The van der Waals surface area contributed by atoms with Gasteiger partial charge in [0.25, 0.3) is 11.5 Å². The van der Waals surface area contributed by atoms with E-state index in [-0.39, 0.29) is 23.5 Å². The summed E-state index contributed by atoms with van der Waals surface area (Å²) in [6.45, 7) is 11.8. The van der Waals surface area contributed by atoms with Crippen LogP contribution in [0.25, 0.3) is 11.1 Å². The molecule has 1 amide bonds. The minimum Gasteiger partial charge on any atom is -0.461 e. The molecule has 2 fully saturated rings. The summed E-state index contributed by atoms with van der Waals surface area (Å²) < 4.78 is 12.4. The van der Waals surface area contributed by atoms with Crippen LogP contribution in [0, 0.1) is 5.41 Å². The molecule has 1 saturated carbocycles. The standard InChI is InChI=1S/C33H38N6O5/c1-20-14-27-32(42)39(13-12-38(27)11-9-33(3,4)17-20)30-25(19-43-21(2)40)24(8-10-34-30)23-15-26(31(41)37(5)18-23)35-29-16-28(44-36-29)22-6-7-22/h8,10,14-16,18,22H,1,6-7,9,11-13,17,19H2,2-5H3,(H,35,36)/b27-14-. The molecule has 2 aliphatic heterocycles. The number of nitrogens with zero attached hydrogens (tertiary/aromatic N) is 5. The Hall–Kier alpha value is -4.67. The number of fused-ring (bicyclic) bond motifs is 1. The molecule has 1 N–H and O–H groups in total. The van der Waals surface area contributed by atoms with E-state index in [1.165, 1.54) is 11.5 Å². The zero-order valence-electron chi connectivity index (χ0n) is 25.7. The smallest absolute Gasteiger partial charge is 0.302 e. The molecule has 44 heavy (non-hydrogen) atoms. The number of piperazine rings is 1. The summed E-state index contributed by atoms with van der Waals surface area (Å²) in [5, 5.41) is 7.20. The Balaban J connectivity index is 1.38. The molecule has 0 aromatic carbocycles. The van der Waals surface area contributed by atoms with Crippen LogP contribution >= 0.6 is 0 Å². The van der Waals surface area contributed by atoms with Crippen molar-refractivity contribution in [3.8, 4) is 11.1 Å². The fourth-order valence-corrected chi connectivity index (χ4v) is 5.98. The average Bonchev–Trinajstić information content (AvgIpc) is 3.71. The average molecular weight is 599 g/mol. The van der Waals surface area contributed by atoms with E-state index in [2.05, 4.69) is 40.8 Å². The molecule has 1 aliphatic carbocycles. The summed E-state index contributed by atoms with van der Waals surface area (Å²) in [4.78, 5) is 47.5. The van der Waals surface area contributed by atoms with Gasteiger partial charge in [0.05, 0.1) is 0 Å². The van der Waals surface area contributed by atoms with Gasteiger partial charge in [-0.1, -0.05) is 31.2 Å². The van der Waals surface area contributed by atoms with Gasteiger partial charge in [-0.15, -0.1) is 0 Å². The van der Waals surface area contributed by atoms with Gasteiger partial charge in [0.2, 0.25) is 0 Å². The second kappa shape index (κ2) is 11.4. The minimum atomic E-state index is -0.455. The topological polar surface area (TPSA) is 123 Å². The maximum atomic E-state index is 14.0. The molecule has 0 atom stereocenters. The maximum Gasteiger partial charge on any atom is 0.302 e. The molecule has 11 heteroatoms. The second-order valence-corrected chi connectivity index (χ2v) is 12.7. The predicted molar refractivity (Wildman–Crippen MR) is 166 cm³/mol. The van der Waals surface area contributed by atoms with Crippen LogP contribution in [-0.4, -0.2) is 51.1 Å². The van der Waals surface area contributed by atoms with Crippen LogP contribution in [0.3, 0.4) is 0 Å². The number of anilines is 3. The van der Waals surface area contributed by atoms with Gasteiger partial charge in [0.1, 0.15) is 29.6 Å². The van der Waals surface area contributed by atoms with Gasteiger partial charge >= 0.3 is 5.97 Å². The second-order valence-electron chi connectivity index (χ2n) is 12.7. The molecule has 6 rings (SSSR count). The number of carbonyl (C=O) groups excluding carboxylic acids is 2. The Labute approximate surface area is 256 Å². The first-order valence-corrected chi connectivity index (χ1v) is 15.0. The third-order valence-corrected chi connectivity index (χ3v) is 8.48. The first kappa shape index (κ1) is 29.4. The van der Waals surface area contributed by atoms with Gasteiger partial charge in [-0.05, 0) is 54.9 Å². The molecule has 11 nitrogen and oxygen atoms in total. The van der Waals surface area contributed by atoms with Crippen molar-refractivity contribution >= 4 is 29.2 Å². The molecule has 3 aliphatic rings. The Kier molecular flexibility index (Phi) is 7.65. The fraction of sp³-hybridized carbons (Fsp3) is 0.424. The number of aromatic nitrogens is 3. The number of amides is 1. The summed E-state index contributed by atoms with van der Waals surface area (Å²) >= 11 is 0. The van der Waals surface area contributed by atoms with Crippen molar-refractivity contribution in [3.05, 3.63) is 76.2 Å². The number of nitrogens with one attached hydrogen (secondary N) is 1. The molecule has 0 unspecified atom stereocenters. The Morgan fingerprint density at radius 2 is 2.00 bits per heavy atom. The van der Waals surface area contributed by atoms with Crippen LogP contribution in [0.4, 0.5) is 17.3 Å². The van der Waals surface area contributed by atoms with Crippen molar-refractivity contribution in [2.45, 2.75) is 59.0 Å². The number of pyridine rings is 2. The van der Waals surface area contributed by atoms with Crippen LogP contribution in [0.2, 0.25) is 0 Å². The Morgan fingerprint density at radius 1 is 1.20 bits per heavy atom. The van der Waals surface area contributed by atoms with Crippen LogP contribution in [-0.2, 0) is 28.0 Å². The number of rotatable bonds is 7. The third kappa shape index (κ3) is 6.04. The van der Waals surface area contributed by atoms with Gasteiger partial charge in [-0.3, -0.25) is 19.3 Å². The zero-order valence-corrected chi connectivity index (χ0v) is 25.7. The van der Waals surface area contributed by atoms with Crippen molar-refractivity contribution in [2.24, 2.45) is 12.5 Å². The molecule has 0 radical (unpaired) electrons. The summed E-state index contributed by atoms with van der Waals surface area (Å²) in [5.41, 5.74) is 3.60. The first-order valence-electron chi connectivity index (χ1n) is 15.0. The van der Waals surface area contributed by atoms with Crippen molar-refractivity contribution in [2.75, 3.05) is 29.9 Å². The predicted octanol–water partition coefficient (Wildman–Crippen LogP) is 5.03. The van der Waals surface area contributed by atoms with Crippen LogP contribution < -0.4 is 15.8 Å².